The summed E-state index contributed by atoms with van der Waals surface area (Å²) >= 11 is 0. The minimum Gasteiger partial charge on any atom is -0.456 e. The Bertz CT molecular complexity index is 1410. The zero-order chi connectivity index (χ0) is 37.1. The topological polar surface area (TPSA) is 150 Å². The Hall–Kier alpha value is -3.23. The van der Waals surface area contributed by atoms with Crippen LogP contribution in [0.1, 0.15) is 66.9 Å². The second-order valence-corrected chi connectivity index (χ2v) is 14.7. The Morgan fingerprint density at radius 1 is 1.02 bits per heavy atom. The SMILES string of the molecule is C[C@@H]1C[C@H](N(C)C)[C@@H](O)[C@H](O[C@@H]2[C@@H](C)C(=O)C(C)(F)C(=O)O[C@H](C)C3OC(=O)NC3[C@H](C)C(=O)[C@H](C)C[C@]2(C)OC/C=C/c2ccccc2)O1. The van der Waals surface area contributed by atoms with E-state index in [0.717, 1.165) is 12.5 Å². The number of benzene rings is 1. The largest absolute Gasteiger partial charge is 0.456 e. The average molecular weight is 705 g/mol. The van der Waals surface area contributed by atoms with E-state index in [1.54, 1.807) is 26.8 Å². The van der Waals surface area contributed by atoms with Crippen LogP contribution in [-0.4, -0.2) is 115 Å². The van der Waals surface area contributed by atoms with Gasteiger partial charge in [0.25, 0.3) is 5.67 Å². The number of alkyl halides is 1. The van der Waals surface area contributed by atoms with Gasteiger partial charge < -0.3 is 39.0 Å². The van der Waals surface area contributed by atoms with Crippen molar-refractivity contribution in [1.29, 1.82) is 0 Å². The molecule has 0 aromatic heterocycles. The van der Waals surface area contributed by atoms with E-state index in [-0.39, 0.29) is 31.0 Å². The minimum absolute atomic E-state index is 0.00841. The molecule has 0 spiro atoms. The number of amides is 1. The van der Waals surface area contributed by atoms with E-state index in [1.165, 1.54) is 13.8 Å². The first-order valence-electron chi connectivity index (χ1n) is 17.3. The second kappa shape index (κ2) is 16.0. The lowest BCUT2D eigenvalue weighted by atomic mass is 9.75. The molecule has 0 radical (unpaired) electrons. The average Bonchev–Trinajstić information content (AvgIpc) is 3.46. The number of esters is 1. The maximum Gasteiger partial charge on any atom is 0.407 e. The molecule has 278 valence electrons. The number of aliphatic hydroxyl groups excluding tert-OH is 1. The first-order chi connectivity index (χ1) is 23.4. The van der Waals surface area contributed by atoms with Crippen LogP contribution in [0.5, 0.6) is 0 Å². The number of fused-ring (bicyclic) bond motifs is 1. The number of likely N-dealkylation sites (N-methyl/N-ethyl adjacent to an activating group) is 1. The predicted molar refractivity (Wildman–Crippen MR) is 182 cm³/mol. The molecule has 0 aliphatic carbocycles. The number of carbonyl (C=O) groups excluding carboxylic acids is 4. The fourth-order valence-corrected chi connectivity index (χ4v) is 7.43. The quantitative estimate of drug-likeness (QED) is 0.315. The summed E-state index contributed by atoms with van der Waals surface area (Å²) in [6.07, 6.45) is -3.09. The fourth-order valence-electron chi connectivity index (χ4n) is 7.43. The van der Waals surface area contributed by atoms with Gasteiger partial charge in [-0.25, -0.2) is 14.0 Å². The lowest BCUT2D eigenvalue weighted by molar-refractivity contribution is -0.297. The minimum atomic E-state index is -3.16. The molecule has 0 saturated carbocycles. The fraction of sp³-hybridized carbons (Fsp3) is 0.676. The Balaban J connectivity index is 1.80. The number of ether oxygens (including phenoxy) is 5. The molecule has 2 N–H and O–H groups in total. The molecular formula is C37H53FN2O10. The van der Waals surface area contributed by atoms with Gasteiger partial charge in [-0.15, -0.1) is 0 Å². The highest BCUT2D eigenvalue weighted by Gasteiger charge is 2.55. The van der Waals surface area contributed by atoms with Gasteiger partial charge in [-0.05, 0) is 60.2 Å². The standard InChI is InChI=1S/C37H53FN2O10/c1-20-19-36(6,46-17-13-16-25-14-11-10-12-15-25)32(50-33-29(42)26(40(8)9)18-21(2)47-33)23(4)31(43)37(7,38)34(44)48-24(5)30-27(22(3)28(20)41)39-35(45)49-30/h10-16,20-24,26-27,29-30,32-33,42H,17-19H2,1-9H3,(H,39,45)/b16-13+/t20-,21-,22+,23+,24-,26+,27?,29-,30?,32-,33+,36+,37?/m1/s1. The highest BCUT2D eigenvalue weighted by Crippen LogP contribution is 2.39. The smallest absolute Gasteiger partial charge is 0.407 e. The van der Waals surface area contributed by atoms with Gasteiger partial charge in [0.05, 0.1) is 30.5 Å². The molecule has 3 aliphatic heterocycles. The molecular weight excluding hydrogens is 651 g/mol. The van der Waals surface area contributed by atoms with E-state index < -0.39 is 83.6 Å². The van der Waals surface area contributed by atoms with Crippen molar-refractivity contribution >= 4 is 29.7 Å². The second-order valence-electron chi connectivity index (χ2n) is 14.7. The Labute approximate surface area is 294 Å². The van der Waals surface area contributed by atoms with Crippen molar-refractivity contribution in [2.45, 2.75) is 121 Å². The summed E-state index contributed by atoms with van der Waals surface area (Å²) in [6, 6.07) is 8.25. The highest BCUT2D eigenvalue weighted by atomic mass is 19.1. The van der Waals surface area contributed by atoms with Gasteiger partial charge in [-0.1, -0.05) is 63.3 Å². The predicted octanol–water partition coefficient (Wildman–Crippen LogP) is 3.87. The molecule has 3 unspecified atom stereocenters. The van der Waals surface area contributed by atoms with E-state index in [4.69, 9.17) is 23.7 Å². The number of nitrogens with one attached hydrogen (secondary N) is 1. The number of Topliss-reactive ketones (excluding diaryl/α,β-unsaturated/α-hetero) is 2. The molecule has 50 heavy (non-hydrogen) atoms. The van der Waals surface area contributed by atoms with Gasteiger partial charge in [0.1, 0.15) is 18.0 Å². The van der Waals surface area contributed by atoms with Gasteiger partial charge in [-0.3, -0.25) is 9.59 Å². The van der Waals surface area contributed by atoms with Crippen LogP contribution in [0.3, 0.4) is 0 Å². The van der Waals surface area contributed by atoms with Gasteiger partial charge in [0, 0.05) is 23.8 Å². The van der Waals surface area contributed by atoms with Crippen LogP contribution in [0.15, 0.2) is 36.4 Å². The summed E-state index contributed by atoms with van der Waals surface area (Å²) in [4.78, 5) is 55.7. The van der Waals surface area contributed by atoms with Gasteiger partial charge in [0.2, 0.25) is 0 Å². The molecule has 13 heteroatoms. The van der Waals surface area contributed by atoms with E-state index >= 15 is 4.39 Å². The number of hydrogen-bond acceptors (Lipinski definition) is 11. The molecule has 3 fully saturated rings. The summed E-state index contributed by atoms with van der Waals surface area (Å²) in [6.45, 7) is 10.5. The van der Waals surface area contributed by atoms with Gasteiger partial charge >= 0.3 is 12.1 Å². The molecule has 3 aliphatic rings. The Morgan fingerprint density at radius 2 is 1.68 bits per heavy atom. The third-order valence-electron chi connectivity index (χ3n) is 10.3. The number of rotatable bonds is 7. The Kier molecular flexibility index (Phi) is 12.6. The molecule has 1 amide bonds. The van der Waals surface area contributed by atoms with Crippen LogP contribution >= 0.6 is 0 Å². The maximum absolute atomic E-state index is 16.5. The van der Waals surface area contributed by atoms with Gasteiger partial charge in [-0.2, -0.15) is 0 Å². The monoisotopic (exact) mass is 704 g/mol. The molecule has 12 nitrogen and oxygen atoms in total. The van der Waals surface area contributed by atoms with Crippen LogP contribution in [0, 0.1) is 17.8 Å². The number of halogens is 1. The normalized spacial score (nSPS) is 40.6. The lowest BCUT2D eigenvalue weighted by Gasteiger charge is -2.47. The Morgan fingerprint density at radius 3 is 2.32 bits per heavy atom. The van der Waals surface area contributed by atoms with Crippen molar-refractivity contribution in [3.8, 4) is 0 Å². The number of carbonyl (C=O) groups is 4. The molecule has 0 bridgehead atoms. The highest BCUT2D eigenvalue weighted by molar-refractivity contribution is 6.07. The molecule has 13 atom stereocenters. The number of nitrogens with zero attached hydrogens (tertiary/aromatic N) is 1. The summed E-state index contributed by atoms with van der Waals surface area (Å²) in [5.74, 6) is -5.80. The van der Waals surface area contributed by atoms with E-state index in [2.05, 4.69) is 5.32 Å². The van der Waals surface area contributed by atoms with E-state index in [9.17, 15) is 24.3 Å². The van der Waals surface area contributed by atoms with Crippen LogP contribution in [0.4, 0.5) is 9.18 Å². The molecule has 1 aromatic carbocycles. The maximum atomic E-state index is 16.5. The van der Waals surface area contributed by atoms with E-state index in [1.807, 2.05) is 62.3 Å². The van der Waals surface area contributed by atoms with Gasteiger partial charge in [0.15, 0.2) is 18.2 Å². The molecule has 3 saturated heterocycles. The summed E-state index contributed by atoms with van der Waals surface area (Å²) in [5.41, 5.74) is -3.73. The first kappa shape index (κ1) is 39.6. The van der Waals surface area contributed by atoms with Crippen molar-refractivity contribution in [1.82, 2.24) is 10.2 Å². The van der Waals surface area contributed by atoms with Crippen LogP contribution in [-0.2, 0) is 38.1 Å². The van der Waals surface area contributed by atoms with Crippen LogP contribution in [0.25, 0.3) is 6.08 Å². The zero-order valence-corrected chi connectivity index (χ0v) is 30.5. The van der Waals surface area contributed by atoms with Crippen molar-refractivity contribution in [2.75, 3.05) is 20.7 Å². The number of hydrogen-bond donors (Lipinski definition) is 2. The number of ketones is 2. The number of aliphatic hydroxyl groups is 1. The number of cyclic esters (lactones) is 1. The molecule has 4 rings (SSSR count). The summed E-state index contributed by atoms with van der Waals surface area (Å²) < 4.78 is 46.4. The molecule has 3 heterocycles. The summed E-state index contributed by atoms with van der Waals surface area (Å²) in [5, 5.41) is 14.1. The zero-order valence-electron chi connectivity index (χ0n) is 30.5. The first-order valence-corrected chi connectivity index (χ1v) is 17.3. The van der Waals surface area contributed by atoms with Crippen molar-refractivity contribution in [3.05, 3.63) is 42.0 Å². The van der Waals surface area contributed by atoms with Crippen LogP contribution in [0.2, 0.25) is 0 Å². The third-order valence-corrected chi connectivity index (χ3v) is 10.3. The van der Waals surface area contributed by atoms with Crippen molar-refractivity contribution in [3.63, 3.8) is 0 Å². The summed E-state index contributed by atoms with van der Waals surface area (Å²) in [7, 11) is 3.64. The van der Waals surface area contributed by atoms with Crippen LogP contribution < -0.4 is 5.32 Å². The third kappa shape index (κ3) is 8.62. The molecule has 1 aromatic rings. The van der Waals surface area contributed by atoms with Crippen molar-refractivity contribution in [2.24, 2.45) is 17.8 Å². The van der Waals surface area contributed by atoms with E-state index in [0.29, 0.717) is 6.42 Å². The number of alkyl carbamates (subject to hydrolysis) is 1. The van der Waals surface area contributed by atoms with Crippen molar-refractivity contribution < 1.29 is 52.4 Å². The lowest BCUT2D eigenvalue weighted by Crippen LogP contribution is -2.60.